The number of hydrogen-bond acceptors (Lipinski definition) is 7. The Morgan fingerprint density at radius 1 is 1.56 bits per heavy atom. The average molecular weight is 266 g/mol. The van der Waals surface area contributed by atoms with Gasteiger partial charge < -0.3 is 15.0 Å². The van der Waals surface area contributed by atoms with Crippen molar-refractivity contribution in [2.45, 2.75) is 25.5 Å². The lowest BCUT2D eigenvalue weighted by Crippen LogP contribution is -2.05. The molecular formula is C11H14N4O2S. The minimum atomic E-state index is -0.0601. The van der Waals surface area contributed by atoms with Crippen LogP contribution in [0.1, 0.15) is 29.8 Å². The average Bonchev–Trinajstić information content (AvgIpc) is 2.94. The van der Waals surface area contributed by atoms with Gasteiger partial charge in [-0.3, -0.25) is 0 Å². The van der Waals surface area contributed by atoms with E-state index in [2.05, 4.69) is 15.1 Å². The lowest BCUT2D eigenvalue weighted by molar-refractivity contribution is 0.0751. The van der Waals surface area contributed by atoms with Crippen LogP contribution in [0.25, 0.3) is 11.6 Å². The van der Waals surface area contributed by atoms with E-state index in [0.717, 1.165) is 17.8 Å². The van der Waals surface area contributed by atoms with E-state index in [1.165, 1.54) is 11.3 Å². The zero-order valence-electron chi connectivity index (χ0n) is 10.00. The number of ether oxygens (including phenoxy) is 1. The highest BCUT2D eigenvalue weighted by molar-refractivity contribution is 7.09. The predicted molar refractivity (Wildman–Crippen MR) is 65.8 cm³/mol. The van der Waals surface area contributed by atoms with Crippen LogP contribution in [0.2, 0.25) is 0 Å². The molecule has 0 aromatic carbocycles. The zero-order valence-corrected chi connectivity index (χ0v) is 10.8. The van der Waals surface area contributed by atoms with Crippen molar-refractivity contribution in [3.8, 4) is 11.6 Å². The summed E-state index contributed by atoms with van der Waals surface area (Å²) in [5, 5.41) is 6.71. The Bertz CT molecular complexity index is 535. The van der Waals surface area contributed by atoms with Gasteiger partial charge in [0.25, 0.3) is 5.89 Å². The van der Waals surface area contributed by atoms with Gasteiger partial charge in [0.15, 0.2) is 0 Å². The monoisotopic (exact) mass is 266 g/mol. The van der Waals surface area contributed by atoms with Gasteiger partial charge in [0.2, 0.25) is 5.82 Å². The molecule has 2 N–H and O–H groups in total. The highest BCUT2D eigenvalue weighted by Gasteiger charge is 2.35. The molecule has 0 amide bonds. The number of rotatable bonds is 5. The van der Waals surface area contributed by atoms with Crippen LogP contribution in [0, 0.1) is 5.92 Å². The molecule has 2 heterocycles. The largest absolute Gasteiger partial charge is 0.373 e. The van der Waals surface area contributed by atoms with Crippen LogP contribution in [0.15, 0.2) is 9.90 Å². The third-order valence-electron chi connectivity index (χ3n) is 2.95. The first-order chi connectivity index (χ1) is 8.81. The van der Waals surface area contributed by atoms with Crippen molar-refractivity contribution in [3.05, 3.63) is 16.2 Å². The van der Waals surface area contributed by atoms with E-state index in [1.807, 2.05) is 5.38 Å². The summed E-state index contributed by atoms with van der Waals surface area (Å²) in [6.07, 6.45) is 2.27. The SMILES string of the molecule is COC(c1noc(-c2csc(CN)n2)n1)C1CC1. The van der Waals surface area contributed by atoms with Gasteiger partial charge in [-0.1, -0.05) is 5.16 Å². The molecule has 7 heteroatoms. The molecule has 2 aromatic heterocycles. The fraction of sp³-hybridized carbons (Fsp3) is 0.545. The summed E-state index contributed by atoms with van der Waals surface area (Å²) >= 11 is 1.49. The molecule has 6 nitrogen and oxygen atoms in total. The fourth-order valence-electron chi connectivity index (χ4n) is 1.86. The third kappa shape index (κ3) is 2.16. The van der Waals surface area contributed by atoms with Crippen molar-refractivity contribution in [2.24, 2.45) is 11.7 Å². The van der Waals surface area contributed by atoms with Crippen molar-refractivity contribution in [1.82, 2.24) is 15.1 Å². The highest BCUT2D eigenvalue weighted by atomic mass is 32.1. The Morgan fingerprint density at radius 3 is 3.00 bits per heavy atom. The minimum absolute atomic E-state index is 0.0601. The second kappa shape index (κ2) is 4.75. The Hall–Kier alpha value is -1.31. The van der Waals surface area contributed by atoms with Crippen molar-refractivity contribution in [2.75, 3.05) is 7.11 Å². The summed E-state index contributed by atoms with van der Waals surface area (Å²) in [5.74, 6) is 1.57. The maximum atomic E-state index is 5.53. The van der Waals surface area contributed by atoms with Crippen molar-refractivity contribution >= 4 is 11.3 Å². The quantitative estimate of drug-likeness (QED) is 0.887. The van der Waals surface area contributed by atoms with Gasteiger partial charge in [-0.15, -0.1) is 11.3 Å². The second-order valence-corrected chi connectivity index (χ2v) is 5.22. The third-order valence-corrected chi connectivity index (χ3v) is 3.82. The highest BCUT2D eigenvalue weighted by Crippen LogP contribution is 2.42. The summed E-state index contributed by atoms with van der Waals surface area (Å²) in [4.78, 5) is 8.68. The summed E-state index contributed by atoms with van der Waals surface area (Å²) < 4.78 is 10.6. The molecule has 0 bridgehead atoms. The Morgan fingerprint density at radius 2 is 2.39 bits per heavy atom. The molecule has 1 saturated carbocycles. The molecule has 1 atom stereocenters. The molecule has 1 fully saturated rings. The van der Waals surface area contributed by atoms with E-state index in [1.54, 1.807) is 7.11 Å². The molecule has 18 heavy (non-hydrogen) atoms. The van der Waals surface area contributed by atoms with Gasteiger partial charge in [-0.2, -0.15) is 4.98 Å². The lowest BCUT2D eigenvalue weighted by atomic mass is 10.2. The Labute approximate surface area is 108 Å². The molecule has 1 unspecified atom stereocenters. The number of nitrogens with two attached hydrogens (primary N) is 1. The summed E-state index contributed by atoms with van der Waals surface area (Å²) in [7, 11) is 1.67. The van der Waals surface area contributed by atoms with E-state index in [-0.39, 0.29) is 6.10 Å². The molecule has 0 saturated heterocycles. The lowest BCUT2D eigenvalue weighted by Gasteiger charge is -2.07. The van der Waals surface area contributed by atoms with Crippen LogP contribution < -0.4 is 5.73 Å². The Balaban J connectivity index is 1.83. The van der Waals surface area contributed by atoms with E-state index >= 15 is 0 Å². The molecule has 1 aliphatic rings. The molecular weight excluding hydrogens is 252 g/mol. The van der Waals surface area contributed by atoms with Crippen molar-refractivity contribution in [1.29, 1.82) is 0 Å². The number of thiazole rings is 1. The van der Waals surface area contributed by atoms with Crippen LogP contribution in [-0.4, -0.2) is 22.2 Å². The number of nitrogens with zero attached hydrogens (tertiary/aromatic N) is 3. The van der Waals surface area contributed by atoms with Gasteiger partial charge >= 0.3 is 0 Å². The van der Waals surface area contributed by atoms with E-state index in [0.29, 0.717) is 29.9 Å². The molecule has 0 radical (unpaired) electrons. The van der Waals surface area contributed by atoms with E-state index in [4.69, 9.17) is 15.0 Å². The number of methoxy groups -OCH3 is 1. The molecule has 3 rings (SSSR count). The summed E-state index contributed by atoms with van der Waals surface area (Å²) in [6.45, 7) is 0.425. The maximum absolute atomic E-state index is 5.53. The summed E-state index contributed by atoms with van der Waals surface area (Å²) in [6, 6.07) is 0. The number of hydrogen-bond donors (Lipinski definition) is 1. The van der Waals surface area contributed by atoms with Crippen LogP contribution >= 0.6 is 11.3 Å². The fourth-order valence-corrected chi connectivity index (χ4v) is 2.51. The van der Waals surface area contributed by atoms with Gasteiger partial charge in [0.05, 0.1) is 0 Å². The molecule has 0 aliphatic heterocycles. The molecule has 0 spiro atoms. The van der Waals surface area contributed by atoms with Gasteiger partial charge in [-0.05, 0) is 18.8 Å². The molecule has 2 aromatic rings. The smallest absolute Gasteiger partial charge is 0.277 e. The predicted octanol–water partition coefficient (Wildman–Crippen LogP) is 1.75. The van der Waals surface area contributed by atoms with E-state index in [9.17, 15) is 0 Å². The second-order valence-electron chi connectivity index (χ2n) is 4.28. The topological polar surface area (TPSA) is 87.1 Å². The van der Waals surface area contributed by atoms with Gasteiger partial charge in [0.1, 0.15) is 16.8 Å². The molecule has 1 aliphatic carbocycles. The van der Waals surface area contributed by atoms with Crippen molar-refractivity contribution in [3.63, 3.8) is 0 Å². The van der Waals surface area contributed by atoms with Crippen LogP contribution in [-0.2, 0) is 11.3 Å². The summed E-state index contributed by atoms with van der Waals surface area (Å²) in [5.41, 5.74) is 6.21. The van der Waals surface area contributed by atoms with Crippen molar-refractivity contribution < 1.29 is 9.26 Å². The zero-order chi connectivity index (χ0) is 12.5. The van der Waals surface area contributed by atoms with E-state index < -0.39 is 0 Å². The standard InChI is InChI=1S/C11H14N4O2S/c1-16-9(6-2-3-6)10-14-11(17-15-10)7-5-18-8(4-12)13-7/h5-6,9H,2-4,12H2,1H3. The van der Waals surface area contributed by atoms with Crippen LogP contribution in [0.3, 0.4) is 0 Å². The van der Waals surface area contributed by atoms with Crippen LogP contribution in [0.5, 0.6) is 0 Å². The van der Waals surface area contributed by atoms with Crippen LogP contribution in [0.4, 0.5) is 0 Å². The maximum Gasteiger partial charge on any atom is 0.277 e. The number of aromatic nitrogens is 3. The Kier molecular flexibility index (Phi) is 3.11. The first-order valence-electron chi connectivity index (χ1n) is 5.83. The van der Waals surface area contributed by atoms with Gasteiger partial charge in [0, 0.05) is 19.0 Å². The first-order valence-corrected chi connectivity index (χ1v) is 6.71. The first kappa shape index (κ1) is 11.8. The minimum Gasteiger partial charge on any atom is -0.373 e. The normalized spacial score (nSPS) is 17.0. The van der Waals surface area contributed by atoms with Gasteiger partial charge in [-0.25, -0.2) is 4.98 Å². The molecule has 96 valence electrons.